The van der Waals surface area contributed by atoms with Crippen molar-refractivity contribution in [1.29, 1.82) is 0 Å². The maximum Gasteiger partial charge on any atom is 2.00 e. The molecule has 0 fully saturated rings. The number of aliphatic hydroxyl groups is 4. The van der Waals surface area contributed by atoms with Gasteiger partial charge in [0.15, 0.2) is 10.2 Å². The Hall–Kier alpha value is 1.07. The molecule has 0 heterocycles. The molecule has 156 valence electrons. The van der Waals surface area contributed by atoms with Crippen molar-refractivity contribution in [1.82, 2.24) is 0 Å². The molecule has 2 unspecified atom stereocenters. The van der Waals surface area contributed by atoms with E-state index in [0.717, 1.165) is 0 Å². The van der Waals surface area contributed by atoms with Crippen molar-refractivity contribution >= 4 is 54.6 Å². The number of hydrogen-bond donors (Lipinski definition) is 6. The Morgan fingerprint density at radius 3 is 1.00 bits per heavy atom. The fourth-order valence-electron chi connectivity index (χ4n) is 0. The van der Waals surface area contributed by atoms with Crippen molar-refractivity contribution in [3.63, 3.8) is 0 Å². The molecule has 4 N–H and O–H groups in total. The summed E-state index contributed by atoms with van der Waals surface area (Å²) in [7, 11) is 0. The molecule has 9 nitrogen and oxygen atoms in total. The van der Waals surface area contributed by atoms with Crippen molar-refractivity contribution in [2.45, 2.75) is 38.9 Å². The quantitative estimate of drug-likeness (QED) is 0.118. The Labute approximate surface area is 202 Å². The second-order valence-electron chi connectivity index (χ2n) is 3.24. The summed E-state index contributed by atoms with van der Waals surface area (Å²) in [5.41, 5.74) is 0. The monoisotopic (exact) mass is 552 g/mol. The second kappa shape index (κ2) is 56.3. The average Bonchev–Trinajstić information content (AvgIpc) is 2.58. The molecule has 0 aromatic rings. The van der Waals surface area contributed by atoms with Gasteiger partial charge in [0, 0.05) is 26.1 Å². The van der Waals surface area contributed by atoms with E-state index in [-0.39, 0.29) is 62.4 Å². The average molecular weight is 555 g/mol. The molecule has 27 heavy (non-hydrogen) atoms. The number of thiol groups is 2. The Balaban J connectivity index is -0.0000000269. The summed E-state index contributed by atoms with van der Waals surface area (Å²) in [6.45, 7) is 11.2. The maximum absolute atomic E-state index is 9.68. The summed E-state index contributed by atoms with van der Waals surface area (Å²) in [6.07, 6.45) is -0.559. The Morgan fingerprint density at radius 2 is 1.00 bits per heavy atom. The van der Waals surface area contributed by atoms with Gasteiger partial charge < -0.3 is 60.5 Å². The van der Waals surface area contributed by atoms with Crippen molar-refractivity contribution in [2.24, 2.45) is 0 Å². The number of rotatable bonds is 4. The van der Waals surface area contributed by atoms with E-state index in [2.05, 4.69) is 39.1 Å². The van der Waals surface area contributed by atoms with Gasteiger partial charge in [0.25, 0.3) is 0 Å². The summed E-state index contributed by atoms with van der Waals surface area (Å²) in [6, 6.07) is 0. The van der Waals surface area contributed by atoms with Crippen LogP contribution in [0.4, 0.5) is 0 Å². The first kappa shape index (κ1) is 51.1. The molecule has 14 heteroatoms. The topological polar surface area (TPSA) is 178 Å². The smallest absolute Gasteiger partial charge is 0.811 e. The standard InChI is InChI=1S/2C3H7O2.2C3H6OS.CH2O.H2O2S.2Zn/c2*1-3(5)2-4;2*1-2-3(4)5;1-2;1-3-2;;/h2*3-5H,1-2H2;2*2H2,1H3,(H,4,5);1H2;1-2H;;/q2*-1;;;;;2*+2/p-2. The van der Waals surface area contributed by atoms with Gasteiger partial charge in [-0.15, -0.1) is 25.3 Å². The molecule has 0 saturated carbocycles. The molecule has 0 aromatic carbocycles. The van der Waals surface area contributed by atoms with E-state index in [1.54, 1.807) is 13.8 Å². The van der Waals surface area contributed by atoms with Crippen LogP contribution in [0.5, 0.6) is 0 Å². The summed E-state index contributed by atoms with van der Waals surface area (Å²) in [4.78, 5) is 27.4. The van der Waals surface area contributed by atoms with Crippen LogP contribution >= 0.6 is 37.6 Å². The van der Waals surface area contributed by atoms with Crippen molar-refractivity contribution in [3.8, 4) is 0 Å². The van der Waals surface area contributed by atoms with Gasteiger partial charge in [-0.25, -0.2) is 0 Å². The van der Waals surface area contributed by atoms with Gasteiger partial charge in [-0.05, 0) is 12.2 Å². The van der Waals surface area contributed by atoms with Crippen molar-refractivity contribution < 1.29 is 82.9 Å². The number of hydrogen-bond acceptors (Lipinski definition) is 10. The van der Waals surface area contributed by atoms with Crippen LogP contribution in [0.1, 0.15) is 26.7 Å². The molecule has 0 aliphatic heterocycles. The van der Waals surface area contributed by atoms with Gasteiger partial charge in [-0.1, -0.05) is 13.8 Å². The Bertz CT molecular complexity index is 231. The predicted octanol–water partition coefficient (Wildman–Crippen LogP) is -0.157. The number of carbonyl (C=O) groups is 3. The molecule has 0 aromatic heterocycles. The summed E-state index contributed by atoms with van der Waals surface area (Å²) in [5.74, 6) is 0. The number of carbonyl (C=O) groups excluding carboxylic acids is 3. The first-order valence-corrected chi connectivity index (χ1v) is 7.94. The van der Waals surface area contributed by atoms with Gasteiger partial charge in [0.2, 0.25) is 0 Å². The number of aliphatic hydroxyl groups excluding tert-OH is 4. The zero-order valence-electron chi connectivity index (χ0n) is 15.7. The molecule has 0 radical (unpaired) electrons. The van der Waals surface area contributed by atoms with E-state index in [9.17, 15) is 9.59 Å². The summed E-state index contributed by atoms with van der Waals surface area (Å²) >= 11 is 6.17. The molecular weight excluding hydrogens is 527 g/mol. The SMILES string of the molecule is C=O.CCC(=O)S.CCC(=O)S.[CH2-]C(O)CO.[CH2-]C(O)CO.[O-]S[O-].[Zn+2].[Zn+2]. The maximum atomic E-state index is 9.68. The van der Waals surface area contributed by atoms with E-state index < -0.39 is 24.5 Å². The van der Waals surface area contributed by atoms with Crippen LogP contribution in [0, 0.1) is 13.8 Å². The molecule has 2 atom stereocenters. The van der Waals surface area contributed by atoms with Crippen molar-refractivity contribution in [2.75, 3.05) is 13.2 Å². The largest absolute Gasteiger partial charge is 2.00 e. The van der Waals surface area contributed by atoms with Gasteiger partial charge in [-0.2, -0.15) is 0 Å². The van der Waals surface area contributed by atoms with Gasteiger partial charge in [0.05, 0.1) is 0 Å². The van der Waals surface area contributed by atoms with E-state index in [0.29, 0.717) is 12.8 Å². The van der Waals surface area contributed by atoms with Crippen LogP contribution in [-0.4, -0.2) is 72.0 Å². The van der Waals surface area contributed by atoms with Crippen LogP contribution in [0.2, 0.25) is 0 Å². The van der Waals surface area contributed by atoms with E-state index in [1.807, 2.05) is 6.79 Å². The summed E-state index contributed by atoms with van der Waals surface area (Å²) in [5, 5.41) is 31.6. The molecule has 0 aliphatic carbocycles. The first-order chi connectivity index (χ1) is 11.5. The molecule has 0 saturated heterocycles. The second-order valence-corrected chi connectivity index (χ2v) is 4.37. The molecule has 0 spiro atoms. The molecule has 0 aliphatic rings. The molecule has 0 amide bonds. The predicted molar refractivity (Wildman–Crippen MR) is 102 cm³/mol. The zero-order valence-corrected chi connectivity index (χ0v) is 24.2. The third-order valence-corrected chi connectivity index (χ3v) is 1.66. The van der Waals surface area contributed by atoms with Gasteiger partial charge in [-0.3, -0.25) is 9.59 Å². The van der Waals surface area contributed by atoms with Crippen LogP contribution in [0.3, 0.4) is 0 Å². The molecule has 0 rings (SSSR count). The Kier molecular flexibility index (Phi) is 107. The third-order valence-electron chi connectivity index (χ3n) is 1.03. The van der Waals surface area contributed by atoms with E-state index >= 15 is 0 Å². The zero-order chi connectivity index (χ0) is 21.8. The van der Waals surface area contributed by atoms with Gasteiger partial charge >= 0.3 is 39.0 Å². The fraction of sp³-hybridized carbons (Fsp3) is 0.615. The van der Waals surface area contributed by atoms with Crippen LogP contribution < -0.4 is 0 Å². The molecular formula is C13H28O9S3Zn2. The van der Waals surface area contributed by atoms with Crippen LogP contribution in [-0.2, 0) is 53.3 Å². The third kappa shape index (κ3) is 207. The van der Waals surface area contributed by atoms with Gasteiger partial charge in [0.1, 0.15) is 6.79 Å². The van der Waals surface area contributed by atoms with E-state index in [4.69, 9.17) is 34.3 Å². The minimum Gasteiger partial charge on any atom is -0.811 e. The van der Waals surface area contributed by atoms with E-state index in [1.165, 1.54) is 0 Å². The Morgan fingerprint density at radius 1 is 0.926 bits per heavy atom. The first-order valence-electron chi connectivity index (χ1n) is 6.38. The minimum atomic E-state index is -0.810. The minimum absolute atomic E-state index is 0. The van der Waals surface area contributed by atoms with Crippen molar-refractivity contribution in [3.05, 3.63) is 13.8 Å². The van der Waals surface area contributed by atoms with Crippen LogP contribution in [0.15, 0.2) is 0 Å². The fourth-order valence-corrected chi connectivity index (χ4v) is 0. The normalized spacial score (nSPS) is 9.19. The van der Waals surface area contributed by atoms with Crippen LogP contribution in [0.25, 0.3) is 0 Å². The summed E-state index contributed by atoms with van der Waals surface area (Å²) < 4.78 is 16.6. The molecule has 0 bridgehead atoms.